The van der Waals surface area contributed by atoms with Gasteiger partial charge in [-0.3, -0.25) is 0 Å². The van der Waals surface area contributed by atoms with Crippen LogP contribution >= 0.6 is 0 Å². The monoisotopic (exact) mass is 188 g/mol. The first kappa shape index (κ1) is 9.28. The molecule has 74 valence electrons. The Kier molecular flexibility index (Phi) is 2.30. The van der Waals surface area contributed by atoms with E-state index in [-0.39, 0.29) is 0 Å². The summed E-state index contributed by atoms with van der Waals surface area (Å²) in [6, 6.07) is 8.76. The van der Waals surface area contributed by atoms with Gasteiger partial charge < -0.3 is 10.3 Å². The van der Waals surface area contributed by atoms with Gasteiger partial charge in [0.05, 0.1) is 0 Å². The van der Waals surface area contributed by atoms with Crippen LogP contribution in [-0.2, 0) is 6.54 Å². The first-order valence-electron chi connectivity index (χ1n) is 4.99. The molecule has 0 atom stereocenters. The van der Waals surface area contributed by atoms with Gasteiger partial charge in [0.1, 0.15) is 0 Å². The second-order valence-electron chi connectivity index (χ2n) is 3.79. The van der Waals surface area contributed by atoms with Crippen LogP contribution in [-0.4, -0.2) is 11.1 Å². The highest BCUT2D eigenvalue weighted by Crippen LogP contribution is 2.20. The van der Waals surface area contributed by atoms with Crippen molar-refractivity contribution in [3.63, 3.8) is 0 Å². The standard InChI is InChI=1S/C12H16N2/c1-9-3-4-12-11(7-9)8-10(2)14(12)6-5-13/h3-4,7-8H,5-6,13H2,1-2H3. The zero-order valence-corrected chi connectivity index (χ0v) is 8.75. The summed E-state index contributed by atoms with van der Waals surface area (Å²) in [4.78, 5) is 0. The lowest BCUT2D eigenvalue weighted by Crippen LogP contribution is -2.10. The van der Waals surface area contributed by atoms with Gasteiger partial charge >= 0.3 is 0 Å². The number of nitrogens with zero attached hydrogens (tertiary/aromatic N) is 1. The summed E-state index contributed by atoms with van der Waals surface area (Å²) in [7, 11) is 0. The highest BCUT2D eigenvalue weighted by Gasteiger charge is 2.03. The molecular weight excluding hydrogens is 172 g/mol. The van der Waals surface area contributed by atoms with E-state index in [0.717, 1.165) is 6.54 Å². The fourth-order valence-electron chi connectivity index (χ4n) is 1.95. The Balaban J connectivity index is 2.64. The van der Waals surface area contributed by atoms with Crippen molar-refractivity contribution in [1.29, 1.82) is 0 Å². The number of benzene rings is 1. The fourth-order valence-corrected chi connectivity index (χ4v) is 1.95. The van der Waals surface area contributed by atoms with E-state index < -0.39 is 0 Å². The fraction of sp³-hybridized carbons (Fsp3) is 0.333. The molecule has 0 radical (unpaired) electrons. The van der Waals surface area contributed by atoms with Crippen LogP contribution in [0.1, 0.15) is 11.3 Å². The number of aryl methyl sites for hydroxylation is 2. The summed E-state index contributed by atoms with van der Waals surface area (Å²) in [6.07, 6.45) is 0. The number of aromatic nitrogens is 1. The third kappa shape index (κ3) is 1.42. The van der Waals surface area contributed by atoms with E-state index in [9.17, 15) is 0 Å². The zero-order valence-electron chi connectivity index (χ0n) is 8.75. The molecule has 2 heteroatoms. The molecule has 0 bridgehead atoms. The Morgan fingerprint density at radius 2 is 2.00 bits per heavy atom. The minimum atomic E-state index is 0.693. The van der Waals surface area contributed by atoms with E-state index in [1.807, 2.05) is 0 Å². The summed E-state index contributed by atoms with van der Waals surface area (Å²) in [6.45, 7) is 5.84. The smallest absolute Gasteiger partial charge is 0.0483 e. The maximum absolute atomic E-state index is 5.59. The van der Waals surface area contributed by atoms with Crippen LogP contribution in [0.2, 0.25) is 0 Å². The first-order valence-corrected chi connectivity index (χ1v) is 4.99. The van der Waals surface area contributed by atoms with E-state index in [1.54, 1.807) is 0 Å². The number of hydrogen-bond acceptors (Lipinski definition) is 1. The molecule has 2 rings (SSSR count). The lowest BCUT2D eigenvalue weighted by atomic mass is 10.2. The number of fused-ring (bicyclic) bond motifs is 1. The van der Waals surface area contributed by atoms with Crippen LogP contribution in [0.5, 0.6) is 0 Å². The van der Waals surface area contributed by atoms with Gasteiger partial charge in [-0.1, -0.05) is 11.6 Å². The maximum atomic E-state index is 5.59. The van der Waals surface area contributed by atoms with Crippen molar-refractivity contribution in [2.75, 3.05) is 6.54 Å². The van der Waals surface area contributed by atoms with Crippen LogP contribution in [0.4, 0.5) is 0 Å². The van der Waals surface area contributed by atoms with Crippen molar-refractivity contribution in [2.24, 2.45) is 5.73 Å². The van der Waals surface area contributed by atoms with Crippen LogP contribution in [0.3, 0.4) is 0 Å². The van der Waals surface area contributed by atoms with Gasteiger partial charge in [-0.15, -0.1) is 0 Å². The van der Waals surface area contributed by atoms with Gasteiger partial charge in [0.2, 0.25) is 0 Å². The lowest BCUT2D eigenvalue weighted by Gasteiger charge is -2.05. The van der Waals surface area contributed by atoms with Gasteiger partial charge in [-0.2, -0.15) is 0 Å². The summed E-state index contributed by atoms with van der Waals surface area (Å²) in [5.74, 6) is 0. The molecule has 2 nitrogen and oxygen atoms in total. The zero-order chi connectivity index (χ0) is 10.1. The minimum Gasteiger partial charge on any atom is -0.344 e. The lowest BCUT2D eigenvalue weighted by molar-refractivity contribution is 0.715. The molecule has 0 spiro atoms. The Labute approximate surface area is 84.3 Å². The quantitative estimate of drug-likeness (QED) is 0.769. The second-order valence-corrected chi connectivity index (χ2v) is 3.79. The minimum absolute atomic E-state index is 0.693. The molecule has 0 saturated carbocycles. The van der Waals surface area contributed by atoms with E-state index >= 15 is 0 Å². The summed E-state index contributed by atoms with van der Waals surface area (Å²) in [5.41, 5.74) is 9.47. The highest BCUT2D eigenvalue weighted by atomic mass is 15.0. The van der Waals surface area contributed by atoms with Crippen molar-refractivity contribution >= 4 is 10.9 Å². The van der Waals surface area contributed by atoms with Gasteiger partial charge in [-0.05, 0) is 32.0 Å². The average molecular weight is 188 g/mol. The number of rotatable bonds is 2. The Morgan fingerprint density at radius 1 is 1.21 bits per heavy atom. The van der Waals surface area contributed by atoms with Crippen LogP contribution < -0.4 is 5.73 Å². The Bertz CT molecular complexity index is 455. The Hall–Kier alpha value is -1.28. The SMILES string of the molecule is Cc1ccc2c(c1)cc(C)n2CCN. The molecular formula is C12H16N2. The van der Waals surface area contributed by atoms with Gasteiger partial charge in [0.25, 0.3) is 0 Å². The normalized spacial score (nSPS) is 11.1. The molecule has 0 unspecified atom stereocenters. The molecule has 0 aliphatic heterocycles. The highest BCUT2D eigenvalue weighted by molar-refractivity contribution is 5.82. The molecule has 2 N–H and O–H groups in total. The van der Waals surface area contributed by atoms with E-state index in [0.29, 0.717) is 6.54 Å². The van der Waals surface area contributed by atoms with Gasteiger partial charge in [-0.25, -0.2) is 0 Å². The molecule has 1 aromatic heterocycles. The maximum Gasteiger partial charge on any atom is 0.0483 e. The number of hydrogen-bond donors (Lipinski definition) is 1. The predicted molar refractivity (Wildman–Crippen MR) is 60.5 cm³/mol. The first-order chi connectivity index (χ1) is 6.72. The van der Waals surface area contributed by atoms with Crippen molar-refractivity contribution in [1.82, 2.24) is 4.57 Å². The molecule has 0 aliphatic carbocycles. The third-order valence-electron chi connectivity index (χ3n) is 2.62. The molecule has 0 amide bonds. The molecule has 0 fully saturated rings. The van der Waals surface area contributed by atoms with Crippen molar-refractivity contribution in [3.8, 4) is 0 Å². The molecule has 2 aromatic rings. The van der Waals surface area contributed by atoms with E-state index in [4.69, 9.17) is 5.73 Å². The van der Waals surface area contributed by atoms with Gasteiger partial charge in [0.15, 0.2) is 0 Å². The predicted octanol–water partition coefficient (Wildman–Crippen LogP) is 2.22. The topological polar surface area (TPSA) is 30.9 Å². The van der Waals surface area contributed by atoms with Crippen molar-refractivity contribution in [3.05, 3.63) is 35.5 Å². The summed E-state index contributed by atoms with van der Waals surface area (Å²) in [5, 5.41) is 1.32. The average Bonchev–Trinajstić information content (AvgIpc) is 2.43. The molecule has 14 heavy (non-hydrogen) atoms. The van der Waals surface area contributed by atoms with Crippen LogP contribution in [0, 0.1) is 13.8 Å². The van der Waals surface area contributed by atoms with Crippen molar-refractivity contribution < 1.29 is 0 Å². The molecule has 0 saturated heterocycles. The number of nitrogens with two attached hydrogens (primary N) is 1. The van der Waals surface area contributed by atoms with E-state index in [1.165, 1.54) is 22.2 Å². The van der Waals surface area contributed by atoms with Crippen LogP contribution in [0.15, 0.2) is 24.3 Å². The second kappa shape index (κ2) is 3.46. The van der Waals surface area contributed by atoms with E-state index in [2.05, 4.69) is 42.7 Å². The van der Waals surface area contributed by atoms with Crippen LogP contribution in [0.25, 0.3) is 10.9 Å². The van der Waals surface area contributed by atoms with Gasteiger partial charge in [0, 0.05) is 29.7 Å². The molecule has 1 heterocycles. The largest absolute Gasteiger partial charge is 0.344 e. The van der Waals surface area contributed by atoms with Crippen molar-refractivity contribution in [2.45, 2.75) is 20.4 Å². The summed E-state index contributed by atoms with van der Waals surface area (Å²) < 4.78 is 2.27. The molecule has 1 aromatic carbocycles. The summed E-state index contributed by atoms with van der Waals surface area (Å²) >= 11 is 0. The Morgan fingerprint density at radius 3 is 2.71 bits per heavy atom. The third-order valence-corrected chi connectivity index (χ3v) is 2.62. The molecule has 0 aliphatic rings.